The second-order valence-electron chi connectivity index (χ2n) is 6.80. The van der Waals surface area contributed by atoms with E-state index < -0.39 is 7.81 Å². The van der Waals surface area contributed by atoms with E-state index >= 15 is 0 Å². The molecule has 2 atom stereocenters. The Labute approximate surface area is 167 Å². The Balaban J connectivity index is 0.000000272. The fourth-order valence-electron chi connectivity index (χ4n) is 3.41. The molecule has 3 aromatic rings. The summed E-state index contributed by atoms with van der Waals surface area (Å²) in [6, 6.07) is 18.7. The Kier molecular flexibility index (Phi) is 4.22. The van der Waals surface area contributed by atoms with Crippen LogP contribution in [-0.2, 0) is 0 Å². The van der Waals surface area contributed by atoms with Gasteiger partial charge in [0.25, 0.3) is 0 Å². The van der Waals surface area contributed by atoms with Gasteiger partial charge in [0.15, 0.2) is 6.04 Å². The van der Waals surface area contributed by atoms with Gasteiger partial charge in [0.1, 0.15) is 5.69 Å². The molecular weight excluding hydrogens is 429 g/mol. The predicted octanol–water partition coefficient (Wildman–Crippen LogP) is 6.37. The topological polar surface area (TPSA) is 34.6 Å². The van der Waals surface area contributed by atoms with E-state index in [1.807, 2.05) is 39.9 Å². The van der Waals surface area contributed by atoms with E-state index in [1.54, 1.807) is 0 Å². The third-order valence-electron chi connectivity index (χ3n) is 4.50. The van der Waals surface area contributed by atoms with Gasteiger partial charge >= 0.3 is 38.8 Å². The molecule has 4 nitrogen and oxygen atoms in total. The van der Waals surface area contributed by atoms with Gasteiger partial charge in [-0.25, -0.2) is 0 Å². The van der Waals surface area contributed by atoms with Crippen LogP contribution in [0.5, 0.6) is 0 Å². The molecule has 0 saturated heterocycles. The number of tetrazole rings is 1. The van der Waals surface area contributed by atoms with E-state index in [0.717, 1.165) is 17.1 Å². The molecule has 2 aliphatic rings. The second kappa shape index (κ2) is 6.25. The van der Waals surface area contributed by atoms with Gasteiger partial charge in [-0.3, -0.25) is 0 Å². The van der Waals surface area contributed by atoms with Crippen molar-refractivity contribution in [2.75, 3.05) is 0 Å². The number of hydrogen-bond donors (Lipinski definition) is 0. The zero-order chi connectivity index (χ0) is 21.6. The third-order valence-corrected chi connectivity index (χ3v) is 4.50. The zero-order valence-electron chi connectivity index (χ0n) is 15.2. The first-order valence-electron chi connectivity index (χ1n) is 8.82. The van der Waals surface area contributed by atoms with E-state index in [9.17, 15) is 25.2 Å². The molecule has 2 aromatic carbocycles. The first kappa shape index (κ1) is 20.3. The van der Waals surface area contributed by atoms with Crippen LogP contribution in [0.15, 0.2) is 78.9 Å². The summed E-state index contributed by atoms with van der Waals surface area (Å²) in [7, 11) is -10.7. The quantitative estimate of drug-likeness (QED) is 0.248. The van der Waals surface area contributed by atoms with Crippen LogP contribution < -0.4 is 4.80 Å². The van der Waals surface area contributed by atoms with Gasteiger partial charge in [0.2, 0.25) is 0 Å². The van der Waals surface area contributed by atoms with Crippen LogP contribution in [0.4, 0.5) is 25.2 Å². The number of para-hydroxylation sites is 1. The van der Waals surface area contributed by atoms with E-state index in [-0.39, 0.29) is 6.04 Å². The van der Waals surface area contributed by atoms with E-state index in [4.69, 9.17) is 10.2 Å². The summed E-state index contributed by atoms with van der Waals surface area (Å²) in [5, 5.41) is 9.55. The molecule has 0 bridgehead atoms. The Hall–Kier alpha value is -3.00. The average Bonchev–Trinajstić information content (AvgIpc) is 3.12. The molecule has 5 rings (SSSR count). The van der Waals surface area contributed by atoms with E-state index in [2.05, 4.69) is 48.6 Å². The van der Waals surface area contributed by atoms with Crippen molar-refractivity contribution in [2.45, 2.75) is 12.0 Å². The number of nitrogens with zero attached hydrogens (tertiary/aromatic N) is 4. The number of aromatic nitrogens is 4. The number of rotatable bonds is 1. The summed E-state index contributed by atoms with van der Waals surface area (Å²) in [5.41, 5.74) is 3.43. The Morgan fingerprint density at radius 2 is 1.40 bits per heavy atom. The number of halogens is 6. The predicted molar refractivity (Wildman–Crippen MR) is 101 cm³/mol. The van der Waals surface area contributed by atoms with Gasteiger partial charge in [-0.05, 0) is 39.7 Å². The third kappa shape index (κ3) is 4.76. The molecular formula is C19H15F6N4P. The van der Waals surface area contributed by atoms with Crippen LogP contribution in [0.25, 0.3) is 17.1 Å². The summed E-state index contributed by atoms with van der Waals surface area (Å²) in [6.45, 7) is 0. The van der Waals surface area contributed by atoms with Crippen LogP contribution in [-0.4, -0.2) is 15.0 Å². The first-order chi connectivity index (χ1) is 13.9. The molecule has 0 N–H and O–H groups in total. The summed E-state index contributed by atoms with van der Waals surface area (Å²) >= 11 is 0. The number of allylic oxidation sites excluding steroid dienone is 4. The molecule has 0 radical (unpaired) electrons. The second-order valence-corrected chi connectivity index (χ2v) is 8.72. The molecule has 2 unspecified atom stereocenters. The van der Waals surface area contributed by atoms with Crippen LogP contribution in [0, 0.1) is 0 Å². The van der Waals surface area contributed by atoms with Gasteiger partial charge in [0, 0.05) is 4.80 Å². The van der Waals surface area contributed by atoms with Crippen molar-refractivity contribution in [3.63, 3.8) is 0 Å². The average molecular weight is 444 g/mol. The first-order valence-corrected chi connectivity index (χ1v) is 10.8. The molecule has 0 amide bonds. The van der Waals surface area contributed by atoms with E-state index in [1.165, 1.54) is 5.56 Å². The summed E-state index contributed by atoms with van der Waals surface area (Å²) < 4.78 is 59.2. The van der Waals surface area contributed by atoms with Gasteiger partial charge in [-0.15, -0.1) is 0 Å². The molecule has 1 aliphatic heterocycles. The molecule has 1 aliphatic carbocycles. The van der Waals surface area contributed by atoms with Crippen molar-refractivity contribution in [3.8, 4) is 17.1 Å². The fraction of sp³-hybridized carbons (Fsp3) is 0.105. The maximum atomic E-state index is 9.87. The van der Waals surface area contributed by atoms with Crippen LogP contribution in [0.2, 0.25) is 0 Å². The summed E-state index contributed by atoms with van der Waals surface area (Å²) in [6.07, 6.45) is 8.64. The SMILES string of the molecule is C1=CC2c3ccccc3-n3nc(-c4ccccc4)n[n+]3C2C=C1.F[P-](F)(F)(F)(F)F. The Bertz CT molecular complexity index is 1140. The van der Waals surface area contributed by atoms with Crippen molar-refractivity contribution in [1.82, 2.24) is 15.0 Å². The molecule has 0 saturated carbocycles. The van der Waals surface area contributed by atoms with Gasteiger partial charge in [-0.1, -0.05) is 54.6 Å². The minimum absolute atomic E-state index is 0.167. The number of benzene rings is 2. The van der Waals surface area contributed by atoms with Crippen molar-refractivity contribution >= 4 is 7.81 Å². The van der Waals surface area contributed by atoms with Crippen LogP contribution >= 0.6 is 7.81 Å². The standard InChI is InChI=1S/C19H15N4.F6P/c1-2-8-14(9-3-1)19-20-22-17-12-6-4-10-15(17)16-11-5-7-13-18(16)23(22)21-19;1-7(2,3,4,5)6/h1-13,15,17H;/q+1;-1. The molecule has 11 heteroatoms. The van der Waals surface area contributed by atoms with Crippen LogP contribution in [0.3, 0.4) is 0 Å². The van der Waals surface area contributed by atoms with Crippen molar-refractivity contribution in [1.29, 1.82) is 0 Å². The fourth-order valence-corrected chi connectivity index (χ4v) is 3.41. The maximum absolute atomic E-state index is 10.7. The molecule has 30 heavy (non-hydrogen) atoms. The molecule has 2 heterocycles. The normalized spacial score (nSPS) is 21.3. The van der Waals surface area contributed by atoms with Crippen LogP contribution in [0.1, 0.15) is 17.5 Å². The van der Waals surface area contributed by atoms with Crippen molar-refractivity contribution in [2.24, 2.45) is 0 Å². The van der Waals surface area contributed by atoms with Gasteiger partial charge in [-0.2, -0.15) is 0 Å². The molecule has 0 spiro atoms. The summed E-state index contributed by atoms with van der Waals surface area (Å²) in [4.78, 5) is 3.93. The monoisotopic (exact) mass is 444 g/mol. The minimum atomic E-state index is -10.7. The number of hydrogen-bond acceptors (Lipinski definition) is 2. The molecule has 1 aromatic heterocycles. The van der Waals surface area contributed by atoms with Gasteiger partial charge in [0.05, 0.1) is 16.6 Å². The van der Waals surface area contributed by atoms with E-state index in [0.29, 0.717) is 5.92 Å². The Morgan fingerprint density at radius 3 is 2.10 bits per heavy atom. The Morgan fingerprint density at radius 1 is 0.800 bits per heavy atom. The molecule has 0 fully saturated rings. The zero-order valence-corrected chi connectivity index (χ0v) is 16.1. The van der Waals surface area contributed by atoms with Crippen molar-refractivity contribution < 1.29 is 30.0 Å². The number of fused-ring (bicyclic) bond motifs is 6. The van der Waals surface area contributed by atoms with Crippen molar-refractivity contribution in [3.05, 3.63) is 84.5 Å². The van der Waals surface area contributed by atoms with Gasteiger partial charge < -0.3 is 0 Å². The summed E-state index contributed by atoms with van der Waals surface area (Å²) in [5.74, 6) is 1.06. The molecule has 158 valence electrons.